The van der Waals surface area contributed by atoms with Crippen LogP contribution in [0.5, 0.6) is 11.5 Å². The van der Waals surface area contributed by atoms with Crippen molar-refractivity contribution in [3.63, 3.8) is 0 Å². The van der Waals surface area contributed by atoms with Crippen LogP contribution in [0, 0.1) is 0 Å². The first-order chi connectivity index (χ1) is 9.53. The molecule has 0 N–H and O–H groups in total. The number of nitrogens with zero attached hydrogens (tertiary/aromatic N) is 2. The quantitative estimate of drug-likeness (QED) is 0.687. The summed E-state index contributed by atoms with van der Waals surface area (Å²) in [6.45, 7) is 2.09. The molecular formula is C15H17N2O2P. The summed E-state index contributed by atoms with van der Waals surface area (Å²) in [7, 11) is 0.984. The standard InChI is InChI=1S/C15H17N2O2P/c1-16-12-8-4-6-10-14(12)18-20(16,3)17(2)13-9-5-7-11-15(13)19-20/h4-11H,1-3H3. The Bertz CT molecular complexity index is 659. The number of anilines is 2. The van der Waals surface area contributed by atoms with E-state index in [2.05, 4.69) is 28.1 Å². The van der Waals surface area contributed by atoms with Crippen molar-refractivity contribution in [3.05, 3.63) is 48.5 Å². The molecule has 0 aromatic heterocycles. The van der Waals surface area contributed by atoms with Gasteiger partial charge < -0.3 is 0 Å². The van der Waals surface area contributed by atoms with E-state index >= 15 is 0 Å². The van der Waals surface area contributed by atoms with Crippen molar-refractivity contribution in [2.24, 2.45) is 0 Å². The molecule has 20 heavy (non-hydrogen) atoms. The Labute approximate surface area is 118 Å². The molecule has 0 saturated carbocycles. The Balaban J connectivity index is 1.92. The summed E-state index contributed by atoms with van der Waals surface area (Å²) >= 11 is 0. The van der Waals surface area contributed by atoms with E-state index in [1.54, 1.807) is 0 Å². The second-order valence-corrected chi connectivity index (χ2v) is 9.50. The third-order valence-corrected chi connectivity index (χ3v) is 8.78. The van der Waals surface area contributed by atoms with Gasteiger partial charge in [-0.05, 0) is 0 Å². The summed E-state index contributed by atoms with van der Waals surface area (Å²) in [6, 6.07) is 16.2. The third-order valence-electron chi connectivity index (χ3n) is 4.40. The summed E-state index contributed by atoms with van der Waals surface area (Å²) in [4.78, 5) is 0. The molecule has 0 atom stereocenters. The number of rotatable bonds is 0. The van der Waals surface area contributed by atoms with Gasteiger partial charge in [-0.25, -0.2) is 0 Å². The van der Waals surface area contributed by atoms with Crippen molar-refractivity contribution >= 4 is 18.7 Å². The molecule has 104 valence electrons. The van der Waals surface area contributed by atoms with Gasteiger partial charge in [0.15, 0.2) is 0 Å². The van der Waals surface area contributed by atoms with Crippen LogP contribution in [0.1, 0.15) is 0 Å². The normalized spacial score (nSPS) is 22.4. The van der Waals surface area contributed by atoms with Gasteiger partial charge in [-0.1, -0.05) is 0 Å². The van der Waals surface area contributed by atoms with Crippen molar-refractivity contribution < 1.29 is 9.05 Å². The summed E-state index contributed by atoms with van der Waals surface area (Å²) in [5, 5.41) is 0. The summed E-state index contributed by atoms with van der Waals surface area (Å²) in [5.74, 6) is 1.77. The average molecular weight is 288 g/mol. The first-order valence-electron chi connectivity index (χ1n) is 6.62. The number of hydrogen-bond acceptors (Lipinski definition) is 4. The fourth-order valence-electron chi connectivity index (χ4n) is 3.01. The molecule has 0 bridgehead atoms. The number of fused-ring (bicyclic) bond motifs is 2. The molecule has 2 aliphatic rings. The molecule has 0 fully saturated rings. The van der Waals surface area contributed by atoms with Crippen molar-refractivity contribution in [1.29, 1.82) is 0 Å². The molecule has 0 radical (unpaired) electrons. The summed E-state index contributed by atoms with van der Waals surface area (Å²) in [5.41, 5.74) is 2.15. The van der Waals surface area contributed by atoms with Crippen LogP contribution in [-0.4, -0.2) is 20.8 Å². The first kappa shape index (κ1) is 11.9. The number of hydrogen-bond donors (Lipinski definition) is 0. The van der Waals surface area contributed by atoms with E-state index in [1.807, 2.05) is 50.5 Å². The van der Waals surface area contributed by atoms with Crippen molar-refractivity contribution in [1.82, 2.24) is 0 Å². The molecule has 2 aromatic carbocycles. The van der Waals surface area contributed by atoms with Gasteiger partial charge in [0.25, 0.3) is 0 Å². The van der Waals surface area contributed by atoms with E-state index in [9.17, 15) is 0 Å². The Hall–Kier alpha value is -1.93. The molecule has 1 spiro atoms. The zero-order valence-corrected chi connectivity index (χ0v) is 12.7. The monoisotopic (exact) mass is 288 g/mol. The fourth-order valence-corrected chi connectivity index (χ4v) is 6.46. The van der Waals surface area contributed by atoms with Crippen LogP contribution in [0.25, 0.3) is 0 Å². The van der Waals surface area contributed by atoms with Crippen molar-refractivity contribution in [2.45, 2.75) is 0 Å². The van der Waals surface area contributed by atoms with Crippen LogP contribution in [0.2, 0.25) is 0 Å². The van der Waals surface area contributed by atoms with Crippen LogP contribution in [-0.2, 0) is 0 Å². The van der Waals surface area contributed by atoms with Gasteiger partial charge in [0.2, 0.25) is 0 Å². The second-order valence-electron chi connectivity index (χ2n) is 5.42. The molecule has 4 rings (SSSR count). The van der Waals surface area contributed by atoms with Crippen LogP contribution in [0.3, 0.4) is 0 Å². The zero-order valence-electron chi connectivity index (χ0n) is 11.8. The first-order valence-corrected chi connectivity index (χ1v) is 9.04. The molecule has 4 nitrogen and oxygen atoms in total. The molecule has 5 heteroatoms. The SMILES string of the molecule is CN1c2ccccc2OP12(C)Oc1ccccc1N2C. The minimum absolute atomic E-state index is 0.884. The van der Waals surface area contributed by atoms with Crippen molar-refractivity contribution in [3.8, 4) is 11.5 Å². The van der Waals surface area contributed by atoms with Crippen LogP contribution < -0.4 is 18.4 Å². The third kappa shape index (κ3) is 1.16. The zero-order chi connectivity index (χ0) is 14.0. The fraction of sp³-hybridized carbons (Fsp3) is 0.200. The predicted molar refractivity (Wildman–Crippen MR) is 83.8 cm³/mol. The molecular weight excluding hydrogens is 271 g/mol. The molecule has 2 aliphatic heterocycles. The predicted octanol–water partition coefficient (Wildman–Crippen LogP) is 3.89. The maximum absolute atomic E-state index is 6.41. The summed E-state index contributed by atoms with van der Waals surface area (Å²) < 4.78 is 17.2. The Kier molecular flexibility index (Phi) is 2.01. The van der Waals surface area contributed by atoms with E-state index in [1.165, 1.54) is 0 Å². The molecule has 0 amide bonds. The van der Waals surface area contributed by atoms with Gasteiger partial charge in [0.1, 0.15) is 0 Å². The van der Waals surface area contributed by atoms with Gasteiger partial charge in [-0.15, -0.1) is 0 Å². The van der Waals surface area contributed by atoms with Gasteiger partial charge in [-0.3, -0.25) is 0 Å². The summed E-state index contributed by atoms with van der Waals surface area (Å²) in [6.07, 6.45) is 0. The van der Waals surface area contributed by atoms with Gasteiger partial charge in [0, 0.05) is 0 Å². The van der Waals surface area contributed by atoms with E-state index in [0.29, 0.717) is 0 Å². The molecule has 0 saturated heterocycles. The molecule has 0 unspecified atom stereocenters. The van der Waals surface area contributed by atoms with Gasteiger partial charge in [-0.2, -0.15) is 0 Å². The van der Waals surface area contributed by atoms with Gasteiger partial charge >= 0.3 is 118 Å². The van der Waals surface area contributed by atoms with Crippen LogP contribution in [0.4, 0.5) is 11.4 Å². The van der Waals surface area contributed by atoms with E-state index in [-0.39, 0.29) is 0 Å². The van der Waals surface area contributed by atoms with E-state index < -0.39 is 7.36 Å². The number of para-hydroxylation sites is 4. The minimum atomic E-state index is -3.11. The Morgan fingerprint density at radius 2 is 1.15 bits per heavy atom. The van der Waals surface area contributed by atoms with Crippen LogP contribution >= 0.6 is 7.36 Å². The van der Waals surface area contributed by atoms with Crippen molar-refractivity contribution in [2.75, 3.05) is 30.1 Å². The molecule has 2 heterocycles. The van der Waals surface area contributed by atoms with E-state index in [4.69, 9.17) is 9.05 Å². The molecule has 2 aromatic rings. The molecule has 0 aliphatic carbocycles. The maximum atomic E-state index is 6.41. The Morgan fingerprint density at radius 3 is 1.55 bits per heavy atom. The Morgan fingerprint density at radius 1 is 0.750 bits per heavy atom. The second kappa shape index (κ2) is 3.39. The van der Waals surface area contributed by atoms with Gasteiger partial charge in [0.05, 0.1) is 0 Å². The van der Waals surface area contributed by atoms with Crippen LogP contribution in [0.15, 0.2) is 48.5 Å². The average Bonchev–Trinajstić information content (AvgIpc) is 2.83. The number of benzene rings is 2. The van der Waals surface area contributed by atoms with E-state index in [0.717, 1.165) is 22.9 Å². The topological polar surface area (TPSA) is 24.9 Å².